The minimum Gasteiger partial charge on any atom is -0.468 e. The van der Waals surface area contributed by atoms with Crippen LogP contribution in [0.5, 0.6) is 0 Å². The zero-order chi connectivity index (χ0) is 25.4. The molecule has 1 amide bonds. The van der Waals surface area contributed by atoms with E-state index in [1.165, 1.54) is 6.92 Å². The highest BCUT2D eigenvalue weighted by molar-refractivity contribution is 6.04. The first-order valence-corrected chi connectivity index (χ1v) is 11.0. The number of methoxy groups -OCH3 is 2. The molecule has 0 saturated carbocycles. The molecule has 35 heavy (non-hydrogen) atoms. The molecule has 0 saturated heterocycles. The van der Waals surface area contributed by atoms with Gasteiger partial charge in [-0.3, -0.25) is 14.4 Å². The van der Waals surface area contributed by atoms with E-state index in [1.807, 2.05) is 42.5 Å². The third-order valence-corrected chi connectivity index (χ3v) is 5.79. The second kappa shape index (κ2) is 11.3. The zero-order valence-electron chi connectivity index (χ0n) is 19.8. The van der Waals surface area contributed by atoms with Gasteiger partial charge in [-0.05, 0) is 24.1 Å². The number of nitrogens with one attached hydrogen (secondary N) is 2. The predicted molar refractivity (Wildman–Crippen MR) is 127 cm³/mol. The third kappa shape index (κ3) is 6.06. The van der Waals surface area contributed by atoms with Crippen LogP contribution in [0.15, 0.2) is 60.8 Å². The standard InChI is InChI=1S/C26H28N2O7/c1-26(23(30)33-2,24(31)34-3)14-22(29)21(13-18-15-27-20-12-8-7-11-19(18)20)28-25(32)35-16-17-9-5-4-6-10-17/h4-12,15,21,27H,13-14,16H2,1-3H3,(H,28,32). The molecule has 184 valence electrons. The van der Waals surface area contributed by atoms with Crippen LogP contribution >= 0.6 is 0 Å². The Balaban J connectivity index is 1.83. The van der Waals surface area contributed by atoms with Crippen LogP contribution < -0.4 is 5.32 Å². The van der Waals surface area contributed by atoms with Crippen LogP contribution in [-0.2, 0) is 41.6 Å². The number of ether oxygens (including phenoxy) is 3. The van der Waals surface area contributed by atoms with E-state index in [0.29, 0.717) is 0 Å². The summed E-state index contributed by atoms with van der Waals surface area (Å²) in [5, 5.41) is 3.48. The van der Waals surface area contributed by atoms with Crippen molar-refractivity contribution in [1.82, 2.24) is 10.3 Å². The number of benzene rings is 2. The number of aromatic nitrogens is 1. The lowest BCUT2D eigenvalue weighted by Crippen LogP contribution is -2.47. The Labute approximate surface area is 202 Å². The van der Waals surface area contributed by atoms with Crippen LogP contribution in [0.2, 0.25) is 0 Å². The van der Waals surface area contributed by atoms with Gasteiger partial charge in [0.15, 0.2) is 11.2 Å². The van der Waals surface area contributed by atoms with Gasteiger partial charge in [-0.25, -0.2) is 4.79 Å². The maximum Gasteiger partial charge on any atom is 0.408 e. The second-order valence-corrected chi connectivity index (χ2v) is 8.28. The lowest BCUT2D eigenvalue weighted by atomic mass is 9.82. The monoisotopic (exact) mass is 480 g/mol. The number of hydrogen-bond donors (Lipinski definition) is 2. The molecule has 1 atom stereocenters. The molecule has 0 aliphatic rings. The number of fused-ring (bicyclic) bond motifs is 1. The molecule has 0 spiro atoms. The fourth-order valence-corrected chi connectivity index (χ4v) is 3.82. The van der Waals surface area contributed by atoms with Gasteiger partial charge in [0.2, 0.25) is 0 Å². The Morgan fingerprint density at radius 1 is 0.943 bits per heavy atom. The summed E-state index contributed by atoms with van der Waals surface area (Å²) in [5.41, 5.74) is 0.565. The van der Waals surface area contributed by atoms with Crippen LogP contribution in [0.4, 0.5) is 4.79 Å². The molecule has 9 heteroatoms. The lowest BCUT2D eigenvalue weighted by Gasteiger charge is -2.25. The largest absolute Gasteiger partial charge is 0.468 e. The number of para-hydroxylation sites is 1. The summed E-state index contributed by atoms with van der Waals surface area (Å²) in [6.07, 6.45) is 0.534. The Hall–Kier alpha value is -4.14. The maximum atomic E-state index is 13.4. The smallest absolute Gasteiger partial charge is 0.408 e. The summed E-state index contributed by atoms with van der Waals surface area (Å²) in [7, 11) is 2.24. The molecule has 0 fully saturated rings. The number of rotatable bonds is 10. The molecule has 0 aliphatic carbocycles. The molecule has 3 rings (SSSR count). The Morgan fingerprint density at radius 2 is 1.57 bits per heavy atom. The highest BCUT2D eigenvalue weighted by atomic mass is 16.6. The van der Waals surface area contributed by atoms with Crippen LogP contribution in [0.25, 0.3) is 10.9 Å². The molecule has 0 bridgehead atoms. The van der Waals surface area contributed by atoms with Gasteiger partial charge in [-0.15, -0.1) is 0 Å². The van der Waals surface area contributed by atoms with Crippen molar-refractivity contribution in [2.24, 2.45) is 5.41 Å². The molecular weight excluding hydrogens is 452 g/mol. The molecule has 1 unspecified atom stereocenters. The minimum absolute atomic E-state index is 0.0166. The summed E-state index contributed by atoms with van der Waals surface area (Å²) < 4.78 is 14.8. The van der Waals surface area contributed by atoms with Crippen LogP contribution in [-0.4, -0.2) is 49.1 Å². The van der Waals surface area contributed by atoms with E-state index in [9.17, 15) is 19.2 Å². The van der Waals surface area contributed by atoms with E-state index in [1.54, 1.807) is 18.3 Å². The van der Waals surface area contributed by atoms with Crippen molar-refractivity contribution in [3.63, 3.8) is 0 Å². The van der Waals surface area contributed by atoms with Crippen molar-refractivity contribution < 1.29 is 33.4 Å². The lowest BCUT2D eigenvalue weighted by molar-refractivity contribution is -0.169. The Morgan fingerprint density at radius 3 is 2.23 bits per heavy atom. The second-order valence-electron chi connectivity index (χ2n) is 8.28. The zero-order valence-corrected chi connectivity index (χ0v) is 19.8. The van der Waals surface area contributed by atoms with E-state index in [4.69, 9.17) is 14.2 Å². The van der Waals surface area contributed by atoms with Crippen molar-refractivity contribution in [2.45, 2.75) is 32.4 Å². The Bertz CT molecular complexity index is 1190. The van der Waals surface area contributed by atoms with Gasteiger partial charge in [0.05, 0.1) is 20.3 Å². The summed E-state index contributed by atoms with van der Waals surface area (Å²) >= 11 is 0. The van der Waals surface area contributed by atoms with Gasteiger partial charge < -0.3 is 24.5 Å². The number of Topliss-reactive ketones (excluding diaryl/α,β-unsaturated/α-hetero) is 1. The first kappa shape index (κ1) is 25.5. The van der Waals surface area contributed by atoms with Crippen molar-refractivity contribution in [1.29, 1.82) is 0 Å². The van der Waals surface area contributed by atoms with Crippen molar-refractivity contribution in [2.75, 3.05) is 14.2 Å². The third-order valence-electron chi connectivity index (χ3n) is 5.79. The van der Waals surface area contributed by atoms with Crippen molar-refractivity contribution in [3.8, 4) is 0 Å². The molecule has 0 aliphatic heterocycles. The van der Waals surface area contributed by atoms with Crippen LogP contribution in [0.3, 0.4) is 0 Å². The number of hydrogen-bond acceptors (Lipinski definition) is 7. The SMILES string of the molecule is COC(=O)C(C)(CC(=O)C(Cc1c[nH]c2ccccc12)NC(=O)OCc1ccccc1)C(=O)OC. The van der Waals surface area contributed by atoms with E-state index < -0.39 is 41.7 Å². The van der Waals surface area contributed by atoms with E-state index in [0.717, 1.165) is 36.2 Å². The molecule has 1 aromatic heterocycles. The van der Waals surface area contributed by atoms with Crippen molar-refractivity contribution in [3.05, 3.63) is 71.9 Å². The number of H-pyrrole nitrogens is 1. The topological polar surface area (TPSA) is 124 Å². The average molecular weight is 481 g/mol. The van der Waals surface area contributed by atoms with E-state index >= 15 is 0 Å². The maximum absolute atomic E-state index is 13.4. The minimum atomic E-state index is -1.87. The number of carbonyl (C=O) groups excluding carboxylic acids is 4. The molecular formula is C26H28N2O7. The van der Waals surface area contributed by atoms with Gasteiger partial charge in [0, 0.05) is 29.9 Å². The van der Waals surface area contributed by atoms with Crippen LogP contribution in [0, 0.1) is 5.41 Å². The van der Waals surface area contributed by atoms with Crippen molar-refractivity contribution >= 4 is 34.7 Å². The molecule has 2 N–H and O–H groups in total. The van der Waals surface area contributed by atoms with Gasteiger partial charge >= 0.3 is 18.0 Å². The molecule has 2 aromatic carbocycles. The predicted octanol–water partition coefficient (Wildman–Crippen LogP) is 3.32. The van der Waals surface area contributed by atoms with Crippen LogP contribution in [0.1, 0.15) is 24.5 Å². The summed E-state index contributed by atoms with van der Waals surface area (Å²) in [5.74, 6) is -2.37. The summed E-state index contributed by atoms with van der Waals surface area (Å²) in [6, 6.07) is 15.5. The highest BCUT2D eigenvalue weighted by Crippen LogP contribution is 2.27. The Kier molecular flexibility index (Phi) is 8.25. The molecule has 9 nitrogen and oxygen atoms in total. The molecule has 1 heterocycles. The van der Waals surface area contributed by atoms with Gasteiger partial charge in [0.1, 0.15) is 6.61 Å². The number of esters is 2. The summed E-state index contributed by atoms with van der Waals surface area (Å²) in [6.45, 7) is 1.29. The van der Waals surface area contributed by atoms with Gasteiger partial charge in [0.25, 0.3) is 0 Å². The highest BCUT2D eigenvalue weighted by Gasteiger charge is 2.46. The molecule has 0 radical (unpaired) electrons. The van der Waals surface area contributed by atoms with Gasteiger partial charge in [-0.1, -0.05) is 48.5 Å². The van der Waals surface area contributed by atoms with Gasteiger partial charge in [-0.2, -0.15) is 0 Å². The van der Waals surface area contributed by atoms with E-state index in [-0.39, 0.29) is 13.0 Å². The molecule has 3 aromatic rings. The van der Waals surface area contributed by atoms with E-state index in [2.05, 4.69) is 10.3 Å². The normalized spacial score (nSPS) is 12.0. The average Bonchev–Trinajstić information content (AvgIpc) is 3.29. The number of amides is 1. The number of carbonyl (C=O) groups is 4. The first-order chi connectivity index (χ1) is 16.8. The fraction of sp³-hybridized carbons (Fsp3) is 0.308. The summed E-state index contributed by atoms with van der Waals surface area (Å²) in [4.78, 5) is 53.8. The number of alkyl carbamates (subject to hydrolysis) is 1. The quantitative estimate of drug-likeness (QED) is 0.259. The fourth-order valence-electron chi connectivity index (χ4n) is 3.82. The number of aromatic amines is 1. The number of ketones is 1. The first-order valence-electron chi connectivity index (χ1n) is 11.0.